The van der Waals surface area contributed by atoms with Crippen LogP contribution in [0.1, 0.15) is 117 Å². The van der Waals surface area contributed by atoms with Crippen LogP contribution in [-0.4, -0.2) is 87.4 Å². The van der Waals surface area contributed by atoms with E-state index in [1.165, 1.54) is 51.4 Å². The maximum absolute atomic E-state index is 12.5. The molecule has 2 atom stereocenters. The van der Waals surface area contributed by atoms with E-state index in [1.54, 1.807) is 0 Å². The Bertz CT molecular complexity index is 635. The summed E-state index contributed by atoms with van der Waals surface area (Å²) in [6.45, 7) is 4.73. The molecular weight excluding hydrogens is 502 g/mol. The molecular formula is C30H58NO8+. The van der Waals surface area contributed by atoms with Crippen LogP contribution in [0.5, 0.6) is 0 Å². The van der Waals surface area contributed by atoms with Crippen LogP contribution in [0.3, 0.4) is 0 Å². The molecule has 0 aliphatic heterocycles. The second-order valence-corrected chi connectivity index (χ2v) is 11.4. The molecule has 230 valence electrons. The summed E-state index contributed by atoms with van der Waals surface area (Å²) in [5, 5.41) is 9.48. The fourth-order valence-electron chi connectivity index (χ4n) is 3.89. The first kappa shape index (κ1) is 37.3. The van der Waals surface area contributed by atoms with E-state index in [4.69, 9.17) is 18.9 Å². The maximum Gasteiger partial charge on any atom is 0.361 e. The van der Waals surface area contributed by atoms with Crippen LogP contribution in [0.25, 0.3) is 0 Å². The zero-order valence-electron chi connectivity index (χ0n) is 25.5. The van der Waals surface area contributed by atoms with Gasteiger partial charge in [-0.25, -0.2) is 4.79 Å². The van der Waals surface area contributed by atoms with Crippen molar-refractivity contribution in [3.63, 3.8) is 0 Å². The summed E-state index contributed by atoms with van der Waals surface area (Å²) < 4.78 is 22.3. The fourth-order valence-corrected chi connectivity index (χ4v) is 3.89. The summed E-state index contributed by atoms with van der Waals surface area (Å²) in [5.74, 6) is -2.02. The quantitative estimate of drug-likeness (QED) is 0.0575. The number of hydrogen-bond donors (Lipinski definition) is 1. The molecule has 0 aliphatic rings. The van der Waals surface area contributed by atoms with Gasteiger partial charge in [-0.1, -0.05) is 90.9 Å². The number of carbonyl (C=O) groups is 3. The molecule has 39 heavy (non-hydrogen) atoms. The first-order valence-electron chi connectivity index (χ1n) is 15.2. The van der Waals surface area contributed by atoms with Gasteiger partial charge in [0.1, 0.15) is 13.2 Å². The van der Waals surface area contributed by atoms with Gasteiger partial charge in [0.2, 0.25) is 0 Å². The average molecular weight is 561 g/mol. The predicted octanol–water partition coefficient (Wildman–Crippen LogP) is 5.87. The van der Waals surface area contributed by atoms with Crippen LogP contribution in [0, 0.1) is 0 Å². The molecule has 0 saturated heterocycles. The average Bonchev–Trinajstić information content (AvgIpc) is 2.87. The molecule has 0 radical (unpaired) electrons. The van der Waals surface area contributed by atoms with Crippen molar-refractivity contribution in [1.29, 1.82) is 0 Å². The molecule has 2 unspecified atom stereocenters. The lowest BCUT2D eigenvalue weighted by atomic mass is 10.1. The van der Waals surface area contributed by atoms with E-state index in [-0.39, 0.29) is 32.2 Å². The zero-order chi connectivity index (χ0) is 29.4. The summed E-state index contributed by atoms with van der Waals surface area (Å²) in [6.07, 6.45) is 13.4. The Hall–Kier alpha value is -1.71. The molecule has 0 bridgehead atoms. The second kappa shape index (κ2) is 24.1. The van der Waals surface area contributed by atoms with Gasteiger partial charge in [-0.05, 0) is 12.8 Å². The molecule has 0 amide bonds. The third-order valence-corrected chi connectivity index (χ3v) is 6.36. The molecule has 9 heteroatoms. The zero-order valence-corrected chi connectivity index (χ0v) is 25.5. The van der Waals surface area contributed by atoms with Gasteiger partial charge in [-0.3, -0.25) is 9.59 Å². The highest BCUT2D eigenvalue weighted by molar-refractivity contribution is 5.71. The van der Waals surface area contributed by atoms with Crippen molar-refractivity contribution in [1.82, 2.24) is 0 Å². The minimum atomic E-state index is -1.50. The van der Waals surface area contributed by atoms with E-state index in [0.717, 1.165) is 38.5 Å². The van der Waals surface area contributed by atoms with Crippen molar-refractivity contribution in [3.05, 3.63) is 0 Å². The first-order chi connectivity index (χ1) is 18.6. The van der Waals surface area contributed by atoms with Crippen LogP contribution < -0.4 is 0 Å². The van der Waals surface area contributed by atoms with Crippen molar-refractivity contribution < 1.29 is 42.9 Å². The SMILES string of the molecule is CCCCCCCCCCC(=O)OC(COC(=O)CCCCCCCC)COC(OCC[N+](C)(C)C)C(=O)O. The number of aliphatic carboxylic acids is 1. The number of carbonyl (C=O) groups excluding carboxylic acids is 2. The van der Waals surface area contributed by atoms with Gasteiger partial charge in [-0.15, -0.1) is 0 Å². The summed E-state index contributed by atoms with van der Waals surface area (Å²) in [7, 11) is 5.92. The number of nitrogens with zero attached hydrogens (tertiary/aromatic N) is 1. The van der Waals surface area contributed by atoms with Gasteiger partial charge in [0.05, 0.1) is 34.4 Å². The molecule has 0 fully saturated rings. The second-order valence-electron chi connectivity index (χ2n) is 11.4. The molecule has 0 saturated carbocycles. The monoisotopic (exact) mass is 560 g/mol. The summed E-state index contributed by atoms with van der Waals surface area (Å²) in [5.41, 5.74) is 0. The number of rotatable bonds is 27. The number of hydrogen-bond acceptors (Lipinski definition) is 7. The van der Waals surface area contributed by atoms with Crippen molar-refractivity contribution in [2.45, 2.75) is 129 Å². The Morgan fingerprint density at radius 3 is 1.64 bits per heavy atom. The Morgan fingerprint density at radius 1 is 0.667 bits per heavy atom. The molecule has 0 aromatic rings. The highest BCUT2D eigenvalue weighted by Crippen LogP contribution is 2.12. The van der Waals surface area contributed by atoms with Gasteiger partial charge in [0, 0.05) is 12.8 Å². The van der Waals surface area contributed by atoms with Crippen LogP contribution in [0.2, 0.25) is 0 Å². The summed E-state index contributed by atoms with van der Waals surface area (Å²) >= 11 is 0. The lowest BCUT2D eigenvalue weighted by Gasteiger charge is -2.25. The van der Waals surface area contributed by atoms with Crippen LogP contribution in [-0.2, 0) is 33.3 Å². The lowest BCUT2D eigenvalue weighted by Crippen LogP contribution is -2.40. The summed E-state index contributed by atoms with van der Waals surface area (Å²) in [4.78, 5) is 36.3. The van der Waals surface area contributed by atoms with E-state index in [9.17, 15) is 19.5 Å². The smallest absolute Gasteiger partial charge is 0.361 e. The third-order valence-electron chi connectivity index (χ3n) is 6.36. The first-order valence-corrected chi connectivity index (χ1v) is 15.2. The van der Waals surface area contributed by atoms with Crippen LogP contribution in [0.4, 0.5) is 0 Å². The minimum absolute atomic E-state index is 0.178. The maximum atomic E-state index is 12.5. The van der Waals surface area contributed by atoms with Gasteiger partial charge < -0.3 is 28.5 Å². The van der Waals surface area contributed by atoms with E-state index >= 15 is 0 Å². The number of likely N-dealkylation sites (N-methyl/N-ethyl adjacent to an activating group) is 1. The van der Waals surface area contributed by atoms with Crippen molar-refractivity contribution in [2.75, 3.05) is 47.5 Å². The van der Waals surface area contributed by atoms with Gasteiger partial charge in [-0.2, -0.15) is 0 Å². The number of carboxylic acids is 1. The molecule has 0 aliphatic carbocycles. The third kappa shape index (κ3) is 25.0. The predicted molar refractivity (Wildman–Crippen MR) is 152 cm³/mol. The molecule has 0 rings (SSSR count). The Morgan fingerprint density at radius 2 is 1.15 bits per heavy atom. The molecule has 0 spiro atoms. The van der Waals surface area contributed by atoms with E-state index in [0.29, 0.717) is 17.4 Å². The highest BCUT2D eigenvalue weighted by atomic mass is 16.7. The van der Waals surface area contributed by atoms with Gasteiger partial charge in [0.15, 0.2) is 6.10 Å². The number of ether oxygens (including phenoxy) is 4. The van der Waals surface area contributed by atoms with Crippen molar-refractivity contribution >= 4 is 17.9 Å². The molecule has 1 N–H and O–H groups in total. The normalized spacial score (nSPS) is 13.2. The fraction of sp³-hybridized carbons (Fsp3) is 0.900. The number of unbranched alkanes of at least 4 members (excludes halogenated alkanes) is 12. The Labute approximate surface area is 237 Å². The summed E-state index contributed by atoms with van der Waals surface area (Å²) in [6, 6.07) is 0. The van der Waals surface area contributed by atoms with Gasteiger partial charge in [0.25, 0.3) is 6.29 Å². The number of esters is 2. The molecule has 9 nitrogen and oxygen atoms in total. The standard InChI is InChI=1S/C30H57NO8/c1-6-8-10-12-14-15-17-19-21-28(33)39-26(24-37-27(32)20-18-16-13-11-9-7-2)25-38-30(29(34)35)36-23-22-31(3,4)5/h26,30H,6-25H2,1-5H3/p+1. The lowest BCUT2D eigenvalue weighted by molar-refractivity contribution is -0.870. The van der Waals surface area contributed by atoms with E-state index in [1.807, 2.05) is 21.1 Å². The topological polar surface area (TPSA) is 108 Å². The molecule has 0 aromatic carbocycles. The van der Waals surface area contributed by atoms with Crippen molar-refractivity contribution in [3.8, 4) is 0 Å². The number of quaternary nitrogens is 1. The minimum Gasteiger partial charge on any atom is -0.477 e. The number of carboxylic acid groups (broad SMARTS) is 1. The molecule has 0 aromatic heterocycles. The highest BCUT2D eigenvalue weighted by Gasteiger charge is 2.25. The Balaban J connectivity index is 4.67. The van der Waals surface area contributed by atoms with Gasteiger partial charge >= 0.3 is 17.9 Å². The molecule has 0 heterocycles. The van der Waals surface area contributed by atoms with Crippen molar-refractivity contribution in [2.24, 2.45) is 0 Å². The van der Waals surface area contributed by atoms with E-state index in [2.05, 4.69) is 13.8 Å². The van der Waals surface area contributed by atoms with Crippen LogP contribution >= 0.6 is 0 Å². The van der Waals surface area contributed by atoms with Crippen LogP contribution in [0.15, 0.2) is 0 Å². The Kier molecular flexibility index (Phi) is 23.1. The van der Waals surface area contributed by atoms with E-state index < -0.39 is 24.3 Å². The largest absolute Gasteiger partial charge is 0.477 e.